The molecule has 2 saturated carbocycles. The maximum absolute atomic E-state index is 2.56. The summed E-state index contributed by atoms with van der Waals surface area (Å²) in [5, 5.41) is 0. The second-order valence-electron chi connectivity index (χ2n) is 7.81. The van der Waals surface area contributed by atoms with Gasteiger partial charge in [-0.05, 0) is 94.3 Å². The van der Waals surface area contributed by atoms with Gasteiger partial charge in [-0.1, -0.05) is 44.6 Å². The van der Waals surface area contributed by atoms with Gasteiger partial charge in [0.15, 0.2) is 0 Å². The van der Waals surface area contributed by atoms with Crippen LogP contribution in [0.3, 0.4) is 0 Å². The average molecular weight is 303 g/mol. The molecule has 0 aromatic heterocycles. The van der Waals surface area contributed by atoms with Gasteiger partial charge < -0.3 is 0 Å². The Bertz CT molecular complexity index is 322. The van der Waals surface area contributed by atoms with Crippen molar-refractivity contribution < 1.29 is 0 Å². The lowest BCUT2D eigenvalue weighted by Crippen LogP contribution is -2.13. The first-order valence-electron chi connectivity index (χ1n) is 10.1. The molecule has 126 valence electrons. The van der Waals surface area contributed by atoms with Crippen LogP contribution in [0, 0.1) is 23.7 Å². The first-order valence-corrected chi connectivity index (χ1v) is 10.1. The van der Waals surface area contributed by atoms with Crippen LogP contribution in [-0.2, 0) is 0 Å². The van der Waals surface area contributed by atoms with Crippen LogP contribution in [0.25, 0.3) is 0 Å². The van der Waals surface area contributed by atoms with Crippen molar-refractivity contribution in [3.63, 3.8) is 0 Å². The van der Waals surface area contributed by atoms with Gasteiger partial charge in [-0.2, -0.15) is 0 Å². The summed E-state index contributed by atoms with van der Waals surface area (Å²) >= 11 is 0. The number of hydrogen-bond donors (Lipinski definition) is 0. The predicted octanol–water partition coefficient (Wildman–Crippen LogP) is 7.31. The van der Waals surface area contributed by atoms with E-state index in [2.05, 4.69) is 38.2 Å². The van der Waals surface area contributed by atoms with E-state index < -0.39 is 0 Å². The van der Waals surface area contributed by atoms with Crippen LogP contribution in [0.15, 0.2) is 24.3 Å². The number of rotatable bonds is 7. The van der Waals surface area contributed by atoms with E-state index in [1.165, 1.54) is 77.0 Å². The second kappa shape index (κ2) is 10.3. The fourth-order valence-corrected chi connectivity index (χ4v) is 4.41. The highest BCUT2D eigenvalue weighted by Gasteiger charge is 2.19. The Labute approximate surface area is 139 Å². The summed E-state index contributed by atoms with van der Waals surface area (Å²) in [4.78, 5) is 0. The van der Waals surface area contributed by atoms with Gasteiger partial charge in [0.25, 0.3) is 0 Å². The van der Waals surface area contributed by atoms with Gasteiger partial charge in [-0.3, -0.25) is 0 Å². The Balaban J connectivity index is 1.56. The third-order valence-electron chi connectivity index (χ3n) is 6.15. The molecule has 0 nitrogen and oxygen atoms in total. The first-order chi connectivity index (χ1) is 10.8. The van der Waals surface area contributed by atoms with Crippen LogP contribution in [0.5, 0.6) is 0 Å². The third-order valence-corrected chi connectivity index (χ3v) is 6.15. The fourth-order valence-electron chi connectivity index (χ4n) is 4.41. The fraction of sp³-hybridized carbons (Fsp3) is 0.818. The zero-order valence-electron chi connectivity index (χ0n) is 15.1. The molecule has 0 aromatic rings. The second-order valence-corrected chi connectivity index (χ2v) is 7.81. The molecule has 22 heavy (non-hydrogen) atoms. The Kier molecular flexibility index (Phi) is 8.34. The molecule has 0 aliphatic heterocycles. The lowest BCUT2D eigenvalue weighted by Gasteiger charge is -2.27. The van der Waals surface area contributed by atoms with Crippen LogP contribution in [0.2, 0.25) is 0 Å². The number of allylic oxidation sites excluding steroid dienone is 4. The molecule has 0 saturated heterocycles. The van der Waals surface area contributed by atoms with E-state index in [9.17, 15) is 0 Å². The molecule has 0 heterocycles. The smallest absolute Gasteiger partial charge is 0.0233 e. The largest absolute Gasteiger partial charge is 0.0885 e. The van der Waals surface area contributed by atoms with Gasteiger partial charge in [0.1, 0.15) is 0 Å². The average Bonchev–Trinajstić information content (AvgIpc) is 2.58. The van der Waals surface area contributed by atoms with E-state index in [-0.39, 0.29) is 0 Å². The Morgan fingerprint density at radius 1 is 0.682 bits per heavy atom. The molecule has 2 aliphatic rings. The molecular formula is C22H38. The molecule has 0 spiro atoms. The molecule has 0 amide bonds. The molecule has 0 radical (unpaired) electrons. The molecule has 0 bridgehead atoms. The minimum Gasteiger partial charge on any atom is -0.0885 e. The van der Waals surface area contributed by atoms with Crippen LogP contribution in [-0.4, -0.2) is 0 Å². The molecule has 2 fully saturated rings. The van der Waals surface area contributed by atoms with Crippen LogP contribution >= 0.6 is 0 Å². The van der Waals surface area contributed by atoms with Crippen molar-refractivity contribution in [2.24, 2.45) is 23.7 Å². The quantitative estimate of drug-likeness (QED) is 0.432. The van der Waals surface area contributed by atoms with E-state index in [1.807, 2.05) is 0 Å². The van der Waals surface area contributed by atoms with Crippen molar-refractivity contribution in [2.45, 2.75) is 90.9 Å². The van der Waals surface area contributed by atoms with Crippen LogP contribution in [0.4, 0.5) is 0 Å². The Morgan fingerprint density at radius 3 is 1.77 bits per heavy atom. The third kappa shape index (κ3) is 6.31. The van der Waals surface area contributed by atoms with Gasteiger partial charge in [0.2, 0.25) is 0 Å². The highest BCUT2D eigenvalue weighted by molar-refractivity contribution is 4.93. The highest BCUT2D eigenvalue weighted by atomic mass is 14.2. The summed E-state index contributed by atoms with van der Waals surface area (Å²) in [6.45, 7) is 4.59. The summed E-state index contributed by atoms with van der Waals surface area (Å²) in [7, 11) is 0. The lowest BCUT2D eigenvalue weighted by atomic mass is 9.79. The minimum absolute atomic E-state index is 0.889. The monoisotopic (exact) mass is 302 g/mol. The summed E-state index contributed by atoms with van der Waals surface area (Å²) < 4.78 is 0. The standard InChI is InChI=1S/C22H38/c1-3-5-8-20-15-17-22(18-16-20)10-7-6-9-21-13-11-19(4-2)12-14-21/h5-6,8-9,19-22H,3-4,7,10-18H2,1-2H3. The van der Waals surface area contributed by atoms with Crippen molar-refractivity contribution in [1.82, 2.24) is 0 Å². The topological polar surface area (TPSA) is 0 Å². The summed E-state index contributed by atoms with van der Waals surface area (Å²) in [6.07, 6.45) is 26.9. The normalized spacial score (nSPS) is 33.7. The van der Waals surface area contributed by atoms with E-state index in [0.29, 0.717) is 0 Å². The molecule has 2 aliphatic carbocycles. The molecule has 0 atom stereocenters. The summed E-state index contributed by atoms with van der Waals surface area (Å²) in [5.74, 6) is 3.83. The van der Waals surface area contributed by atoms with Gasteiger partial charge in [0, 0.05) is 0 Å². The van der Waals surface area contributed by atoms with Gasteiger partial charge >= 0.3 is 0 Å². The van der Waals surface area contributed by atoms with Crippen molar-refractivity contribution in [2.75, 3.05) is 0 Å². The van der Waals surface area contributed by atoms with Crippen molar-refractivity contribution in [3.8, 4) is 0 Å². The van der Waals surface area contributed by atoms with Crippen molar-refractivity contribution >= 4 is 0 Å². The van der Waals surface area contributed by atoms with Gasteiger partial charge in [0.05, 0.1) is 0 Å². The van der Waals surface area contributed by atoms with Gasteiger partial charge in [-0.25, -0.2) is 0 Å². The van der Waals surface area contributed by atoms with Crippen molar-refractivity contribution in [3.05, 3.63) is 24.3 Å². The maximum atomic E-state index is 2.56. The predicted molar refractivity (Wildman–Crippen MR) is 99.0 cm³/mol. The van der Waals surface area contributed by atoms with E-state index in [4.69, 9.17) is 0 Å². The van der Waals surface area contributed by atoms with Crippen molar-refractivity contribution in [1.29, 1.82) is 0 Å². The number of hydrogen-bond acceptors (Lipinski definition) is 0. The molecule has 0 heteroatoms. The molecule has 0 aromatic carbocycles. The van der Waals surface area contributed by atoms with E-state index in [0.717, 1.165) is 23.7 Å². The molecule has 2 rings (SSSR count). The van der Waals surface area contributed by atoms with Crippen LogP contribution < -0.4 is 0 Å². The zero-order chi connectivity index (χ0) is 15.6. The maximum Gasteiger partial charge on any atom is -0.0233 e. The van der Waals surface area contributed by atoms with Gasteiger partial charge in [-0.15, -0.1) is 0 Å². The summed E-state index contributed by atoms with van der Waals surface area (Å²) in [5.41, 5.74) is 0. The van der Waals surface area contributed by atoms with E-state index >= 15 is 0 Å². The zero-order valence-corrected chi connectivity index (χ0v) is 15.1. The van der Waals surface area contributed by atoms with Crippen LogP contribution in [0.1, 0.15) is 90.9 Å². The Hall–Kier alpha value is -0.520. The lowest BCUT2D eigenvalue weighted by molar-refractivity contribution is 0.295. The summed E-state index contributed by atoms with van der Waals surface area (Å²) in [6, 6.07) is 0. The molecular weight excluding hydrogens is 264 g/mol. The SMILES string of the molecule is CCC=CC1CCC(CCC=CC2CCC(CC)CC2)CC1. The minimum atomic E-state index is 0.889. The van der Waals surface area contributed by atoms with E-state index in [1.54, 1.807) is 0 Å². The first kappa shape index (κ1) is 17.8. The Morgan fingerprint density at radius 2 is 1.23 bits per heavy atom. The molecule has 0 unspecified atom stereocenters. The highest BCUT2D eigenvalue weighted by Crippen LogP contribution is 2.33. The molecule has 0 N–H and O–H groups in total.